The zero-order chi connectivity index (χ0) is 15.8. The summed E-state index contributed by atoms with van der Waals surface area (Å²) in [6.45, 7) is 1.20. The molecule has 8 heteroatoms. The van der Waals surface area contributed by atoms with Crippen LogP contribution in [0.1, 0.15) is 6.42 Å². The molecule has 116 valence electrons. The van der Waals surface area contributed by atoms with Crippen LogP contribution in [0.25, 0.3) is 0 Å². The molecule has 2 aromatic rings. The quantitative estimate of drug-likeness (QED) is 0.451. The summed E-state index contributed by atoms with van der Waals surface area (Å²) in [7, 11) is 0. The Balaban J connectivity index is 1.63. The molecule has 0 radical (unpaired) electrons. The minimum Gasteiger partial charge on any atom is -0.484 e. The lowest BCUT2D eigenvalue weighted by molar-refractivity contribution is -0.384. The molecule has 8 nitrogen and oxygen atoms in total. The second-order valence-corrected chi connectivity index (χ2v) is 4.54. The van der Waals surface area contributed by atoms with Crippen LogP contribution in [0.3, 0.4) is 0 Å². The Hall–Kier alpha value is -2.90. The van der Waals surface area contributed by atoms with Crippen LogP contribution in [0.4, 0.5) is 5.69 Å². The average molecular weight is 304 g/mol. The van der Waals surface area contributed by atoms with E-state index in [1.54, 1.807) is 12.5 Å². The van der Waals surface area contributed by atoms with Crippen molar-refractivity contribution in [2.75, 3.05) is 13.2 Å². The maximum atomic E-state index is 11.6. The summed E-state index contributed by atoms with van der Waals surface area (Å²) in [5, 5.41) is 13.2. The van der Waals surface area contributed by atoms with Crippen LogP contribution < -0.4 is 10.1 Å². The third kappa shape index (κ3) is 4.89. The molecule has 1 amide bonds. The molecule has 0 aliphatic carbocycles. The van der Waals surface area contributed by atoms with Gasteiger partial charge >= 0.3 is 0 Å². The van der Waals surface area contributed by atoms with Gasteiger partial charge in [0.05, 0.1) is 11.3 Å². The number of hydrogen-bond donors (Lipinski definition) is 1. The van der Waals surface area contributed by atoms with Crippen LogP contribution in [0.15, 0.2) is 43.0 Å². The van der Waals surface area contributed by atoms with Crippen LogP contribution in [-0.4, -0.2) is 33.5 Å². The minimum absolute atomic E-state index is 0.0173. The first-order valence-electron chi connectivity index (χ1n) is 6.75. The Morgan fingerprint density at radius 2 is 2.14 bits per heavy atom. The highest BCUT2D eigenvalue weighted by molar-refractivity contribution is 5.77. The summed E-state index contributed by atoms with van der Waals surface area (Å²) in [5.41, 5.74) is -0.0173. The standard InChI is InChI=1S/C14H16N4O4/c19-14(16-6-1-8-17-9-7-15-11-17)10-22-13-4-2-12(3-5-13)18(20)21/h2-5,7,9,11H,1,6,8,10H2,(H,16,19). The molecule has 22 heavy (non-hydrogen) atoms. The lowest BCUT2D eigenvalue weighted by Gasteiger charge is -2.07. The van der Waals surface area contributed by atoms with Gasteiger partial charge in [-0.05, 0) is 18.6 Å². The van der Waals surface area contributed by atoms with Gasteiger partial charge in [-0.3, -0.25) is 14.9 Å². The Labute approximate surface area is 126 Å². The molecule has 2 rings (SSSR count). The number of nitro groups is 1. The molecule has 0 spiro atoms. The van der Waals surface area contributed by atoms with Gasteiger partial charge in [0.15, 0.2) is 6.61 Å². The number of carbonyl (C=O) groups is 1. The van der Waals surface area contributed by atoms with Crippen LogP contribution in [-0.2, 0) is 11.3 Å². The van der Waals surface area contributed by atoms with E-state index >= 15 is 0 Å². The third-order valence-electron chi connectivity index (χ3n) is 2.89. The number of ether oxygens (including phenoxy) is 1. The Kier molecular flexibility index (Phi) is 5.47. The number of amides is 1. The summed E-state index contributed by atoms with van der Waals surface area (Å²) in [6, 6.07) is 5.59. The first-order valence-corrected chi connectivity index (χ1v) is 6.75. The first kappa shape index (κ1) is 15.5. The van der Waals surface area contributed by atoms with Gasteiger partial charge in [-0.1, -0.05) is 0 Å². The summed E-state index contributed by atoms with van der Waals surface area (Å²) >= 11 is 0. The minimum atomic E-state index is -0.489. The van der Waals surface area contributed by atoms with E-state index in [2.05, 4.69) is 10.3 Å². The van der Waals surface area contributed by atoms with E-state index in [1.807, 2.05) is 10.8 Å². The fourth-order valence-corrected chi connectivity index (χ4v) is 1.77. The number of benzene rings is 1. The van der Waals surface area contributed by atoms with Gasteiger partial charge in [0.25, 0.3) is 11.6 Å². The van der Waals surface area contributed by atoms with Crippen LogP contribution >= 0.6 is 0 Å². The highest BCUT2D eigenvalue weighted by Gasteiger charge is 2.06. The van der Waals surface area contributed by atoms with Gasteiger partial charge in [0, 0.05) is 37.6 Å². The van der Waals surface area contributed by atoms with Gasteiger partial charge in [0.1, 0.15) is 5.75 Å². The van der Waals surface area contributed by atoms with Crippen molar-refractivity contribution in [2.45, 2.75) is 13.0 Å². The number of aryl methyl sites for hydroxylation is 1. The van der Waals surface area contributed by atoms with Gasteiger partial charge < -0.3 is 14.6 Å². The molecule has 1 aromatic heterocycles. The Bertz CT molecular complexity index is 610. The van der Waals surface area contributed by atoms with Crippen molar-refractivity contribution in [3.63, 3.8) is 0 Å². The number of non-ortho nitro benzene ring substituents is 1. The second kappa shape index (κ2) is 7.77. The van der Waals surface area contributed by atoms with Crippen molar-refractivity contribution in [2.24, 2.45) is 0 Å². The highest BCUT2D eigenvalue weighted by Crippen LogP contribution is 2.16. The fourth-order valence-electron chi connectivity index (χ4n) is 1.77. The van der Waals surface area contributed by atoms with Crippen molar-refractivity contribution in [3.05, 3.63) is 53.1 Å². The fraction of sp³-hybridized carbons (Fsp3) is 0.286. The van der Waals surface area contributed by atoms with E-state index in [-0.39, 0.29) is 18.2 Å². The van der Waals surface area contributed by atoms with Crippen molar-refractivity contribution < 1.29 is 14.5 Å². The predicted molar refractivity (Wildman–Crippen MR) is 78.4 cm³/mol. The third-order valence-corrected chi connectivity index (χ3v) is 2.89. The summed E-state index contributed by atoms with van der Waals surface area (Å²) in [5.74, 6) is 0.183. The van der Waals surface area contributed by atoms with E-state index in [9.17, 15) is 14.9 Å². The van der Waals surface area contributed by atoms with Gasteiger partial charge in [0.2, 0.25) is 0 Å². The van der Waals surface area contributed by atoms with Gasteiger partial charge in [-0.2, -0.15) is 0 Å². The summed E-state index contributed by atoms with van der Waals surface area (Å²) in [6.07, 6.45) is 6.08. The number of aromatic nitrogens is 2. The number of nitro benzene ring substituents is 1. The van der Waals surface area contributed by atoms with Crippen LogP contribution in [0.2, 0.25) is 0 Å². The molecule has 0 bridgehead atoms. The smallest absolute Gasteiger partial charge is 0.269 e. The Morgan fingerprint density at radius 1 is 1.36 bits per heavy atom. The largest absolute Gasteiger partial charge is 0.484 e. The molecule has 0 aliphatic rings. The van der Waals surface area contributed by atoms with E-state index in [4.69, 9.17) is 4.74 Å². The molecule has 1 heterocycles. The number of nitrogens with zero attached hydrogens (tertiary/aromatic N) is 3. The summed E-state index contributed by atoms with van der Waals surface area (Å²) < 4.78 is 7.19. The first-order chi connectivity index (χ1) is 10.6. The number of nitrogens with one attached hydrogen (secondary N) is 1. The summed E-state index contributed by atoms with van der Waals surface area (Å²) in [4.78, 5) is 25.5. The van der Waals surface area contributed by atoms with Crippen LogP contribution in [0.5, 0.6) is 5.75 Å². The molecule has 0 saturated heterocycles. The lowest BCUT2D eigenvalue weighted by Crippen LogP contribution is -2.30. The molecule has 0 fully saturated rings. The topological polar surface area (TPSA) is 99.3 Å². The van der Waals surface area contributed by atoms with Gasteiger partial charge in [-0.15, -0.1) is 0 Å². The van der Waals surface area contributed by atoms with E-state index in [0.717, 1.165) is 13.0 Å². The predicted octanol–water partition coefficient (Wildman–Crippen LogP) is 1.38. The second-order valence-electron chi connectivity index (χ2n) is 4.54. The normalized spacial score (nSPS) is 10.2. The lowest BCUT2D eigenvalue weighted by atomic mass is 10.3. The van der Waals surface area contributed by atoms with Crippen molar-refractivity contribution >= 4 is 11.6 Å². The maximum Gasteiger partial charge on any atom is 0.269 e. The monoisotopic (exact) mass is 304 g/mol. The van der Waals surface area contributed by atoms with Crippen molar-refractivity contribution in [1.29, 1.82) is 0 Å². The number of carbonyl (C=O) groups excluding carboxylic acids is 1. The van der Waals surface area contributed by atoms with Gasteiger partial charge in [-0.25, -0.2) is 4.98 Å². The number of hydrogen-bond acceptors (Lipinski definition) is 5. The van der Waals surface area contributed by atoms with Crippen molar-refractivity contribution in [1.82, 2.24) is 14.9 Å². The van der Waals surface area contributed by atoms with E-state index in [0.29, 0.717) is 12.3 Å². The number of rotatable bonds is 8. The zero-order valence-corrected chi connectivity index (χ0v) is 11.8. The Morgan fingerprint density at radius 3 is 2.77 bits per heavy atom. The molecule has 0 aliphatic heterocycles. The molecule has 1 aromatic carbocycles. The maximum absolute atomic E-state index is 11.6. The molecule has 0 atom stereocenters. The molecule has 0 unspecified atom stereocenters. The molecular weight excluding hydrogens is 288 g/mol. The van der Waals surface area contributed by atoms with E-state index in [1.165, 1.54) is 24.3 Å². The molecule has 1 N–H and O–H groups in total. The zero-order valence-electron chi connectivity index (χ0n) is 11.8. The average Bonchev–Trinajstić information content (AvgIpc) is 3.03. The molecule has 0 saturated carbocycles. The molecular formula is C14H16N4O4. The number of imidazole rings is 1. The SMILES string of the molecule is O=C(COc1ccc([N+](=O)[O-])cc1)NCCCn1ccnc1. The van der Waals surface area contributed by atoms with Crippen LogP contribution in [0, 0.1) is 10.1 Å². The highest BCUT2D eigenvalue weighted by atomic mass is 16.6. The van der Waals surface area contributed by atoms with E-state index < -0.39 is 4.92 Å². The van der Waals surface area contributed by atoms with Crippen molar-refractivity contribution in [3.8, 4) is 5.75 Å².